The summed E-state index contributed by atoms with van der Waals surface area (Å²) in [5.41, 5.74) is 7.60. The summed E-state index contributed by atoms with van der Waals surface area (Å²) in [5, 5.41) is 12.7. The molecular formula is C16H17N3O2. The highest BCUT2D eigenvalue weighted by Crippen LogP contribution is 2.29. The van der Waals surface area contributed by atoms with E-state index >= 15 is 0 Å². The minimum absolute atomic E-state index is 0.0854. The Morgan fingerprint density at radius 1 is 1.05 bits per heavy atom. The lowest BCUT2D eigenvalue weighted by Crippen LogP contribution is -2.39. The molecule has 0 radical (unpaired) electrons. The van der Waals surface area contributed by atoms with Gasteiger partial charge in [0.05, 0.1) is 6.04 Å². The van der Waals surface area contributed by atoms with Crippen molar-refractivity contribution < 1.29 is 9.90 Å². The normalized spacial score (nSPS) is 21.1. The summed E-state index contributed by atoms with van der Waals surface area (Å²) >= 11 is 0. The Labute approximate surface area is 123 Å². The summed E-state index contributed by atoms with van der Waals surface area (Å²) in [6.45, 7) is 0. The van der Waals surface area contributed by atoms with Crippen LogP contribution in [-0.4, -0.2) is 17.1 Å². The average Bonchev–Trinajstić information content (AvgIpc) is 2.98. The van der Waals surface area contributed by atoms with Gasteiger partial charge < -0.3 is 10.4 Å². The van der Waals surface area contributed by atoms with Crippen molar-refractivity contribution in [2.24, 2.45) is 0 Å². The molecule has 5 nitrogen and oxygen atoms in total. The van der Waals surface area contributed by atoms with Crippen LogP contribution in [0.5, 0.6) is 5.75 Å². The second-order valence-corrected chi connectivity index (χ2v) is 5.04. The predicted octanol–water partition coefficient (Wildman–Crippen LogP) is 1.94. The lowest BCUT2D eigenvalue weighted by atomic mass is 10.0. The maximum Gasteiger partial charge on any atom is 0.242 e. The van der Waals surface area contributed by atoms with Crippen LogP contribution >= 0.6 is 0 Å². The fraction of sp³-hybridized carbons (Fsp3) is 0.188. The summed E-state index contributed by atoms with van der Waals surface area (Å²) in [6, 6.07) is 16.1. The van der Waals surface area contributed by atoms with Crippen LogP contribution in [0.1, 0.15) is 18.0 Å². The van der Waals surface area contributed by atoms with Gasteiger partial charge >= 0.3 is 0 Å². The second kappa shape index (κ2) is 5.95. The number of phenols is 1. The first kappa shape index (κ1) is 13.6. The van der Waals surface area contributed by atoms with Crippen molar-refractivity contribution in [3.05, 3.63) is 60.2 Å². The van der Waals surface area contributed by atoms with Gasteiger partial charge in [0.25, 0.3) is 0 Å². The molecular weight excluding hydrogens is 266 g/mol. The van der Waals surface area contributed by atoms with Crippen LogP contribution < -0.4 is 16.2 Å². The number of phenolic OH excluding ortho intramolecular Hbond substituents is 1. The molecule has 2 aromatic rings. The lowest BCUT2D eigenvalue weighted by molar-refractivity contribution is -0.117. The maximum atomic E-state index is 12.2. The molecule has 1 aliphatic heterocycles. The van der Waals surface area contributed by atoms with Crippen molar-refractivity contribution >= 4 is 11.6 Å². The van der Waals surface area contributed by atoms with Gasteiger partial charge in [-0.1, -0.05) is 36.4 Å². The van der Waals surface area contributed by atoms with E-state index in [9.17, 15) is 9.90 Å². The third-order valence-electron chi connectivity index (χ3n) is 3.57. The molecule has 3 rings (SSSR count). The molecule has 0 bridgehead atoms. The first-order valence-corrected chi connectivity index (χ1v) is 6.89. The largest absolute Gasteiger partial charge is 0.508 e. The molecule has 4 N–H and O–H groups in total. The second-order valence-electron chi connectivity index (χ2n) is 5.04. The zero-order chi connectivity index (χ0) is 14.7. The van der Waals surface area contributed by atoms with Crippen LogP contribution in [0.2, 0.25) is 0 Å². The smallest absolute Gasteiger partial charge is 0.242 e. The Morgan fingerprint density at radius 2 is 1.76 bits per heavy atom. The van der Waals surface area contributed by atoms with E-state index in [1.54, 1.807) is 12.1 Å². The SMILES string of the molecule is O=C(Nc1ccccc1)C1CC(c2ccccc2O)NN1. The van der Waals surface area contributed by atoms with Crippen molar-refractivity contribution in [2.45, 2.75) is 18.5 Å². The Hall–Kier alpha value is -2.37. The number of carbonyl (C=O) groups excluding carboxylic acids is 1. The van der Waals surface area contributed by atoms with Crippen molar-refractivity contribution in [3.63, 3.8) is 0 Å². The van der Waals surface area contributed by atoms with Crippen LogP contribution in [0.25, 0.3) is 0 Å². The molecule has 0 saturated carbocycles. The maximum absolute atomic E-state index is 12.2. The highest BCUT2D eigenvalue weighted by atomic mass is 16.3. The summed E-state index contributed by atoms with van der Waals surface area (Å²) in [6.07, 6.45) is 0.580. The van der Waals surface area contributed by atoms with Gasteiger partial charge in [-0.05, 0) is 24.6 Å². The van der Waals surface area contributed by atoms with Crippen molar-refractivity contribution in [1.29, 1.82) is 0 Å². The van der Waals surface area contributed by atoms with Gasteiger partial charge in [0.2, 0.25) is 5.91 Å². The first-order chi connectivity index (χ1) is 10.2. The third kappa shape index (κ3) is 3.04. The van der Waals surface area contributed by atoms with Crippen LogP contribution in [0.4, 0.5) is 5.69 Å². The number of hydrogen-bond donors (Lipinski definition) is 4. The number of para-hydroxylation sites is 2. The highest BCUT2D eigenvalue weighted by molar-refractivity contribution is 5.95. The van der Waals surface area contributed by atoms with Crippen molar-refractivity contribution in [1.82, 2.24) is 10.9 Å². The quantitative estimate of drug-likeness (QED) is 0.694. The standard InChI is InChI=1S/C16H17N3O2/c20-15-9-5-4-8-12(15)13-10-14(19-18-13)16(21)17-11-6-2-1-3-7-11/h1-9,13-14,18-20H,10H2,(H,17,21). The van der Waals surface area contributed by atoms with Gasteiger partial charge in [0.15, 0.2) is 0 Å². The number of aromatic hydroxyl groups is 1. The van der Waals surface area contributed by atoms with Gasteiger partial charge in [0.1, 0.15) is 11.8 Å². The Balaban J connectivity index is 1.64. The number of anilines is 1. The molecule has 5 heteroatoms. The van der Waals surface area contributed by atoms with Gasteiger partial charge in [-0.15, -0.1) is 0 Å². The summed E-state index contributed by atoms with van der Waals surface area (Å²) in [7, 11) is 0. The topological polar surface area (TPSA) is 73.4 Å². The molecule has 108 valence electrons. The number of amides is 1. The van der Waals surface area contributed by atoms with Crippen LogP contribution in [0.3, 0.4) is 0 Å². The molecule has 1 heterocycles. The van der Waals surface area contributed by atoms with E-state index in [2.05, 4.69) is 16.2 Å². The number of hydrogen-bond acceptors (Lipinski definition) is 4. The third-order valence-corrected chi connectivity index (χ3v) is 3.57. The van der Waals surface area contributed by atoms with E-state index in [1.165, 1.54) is 0 Å². The first-order valence-electron chi connectivity index (χ1n) is 6.89. The van der Waals surface area contributed by atoms with E-state index in [0.717, 1.165) is 11.3 Å². The van der Waals surface area contributed by atoms with Gasteiger partial charge in [-0.2, -0.15) is 0 Å². The van der Waals surface area contributed by atoms with Gasteiger partial charge in [-0.3, -0.25) is 4.79 Å². The molecule has 1 amide bonds. The monoisotopic (exact) mass is 283 g/mol. The molecule has 21 heavy (non-hydrogen) atoms. The number of carbonyl (C=O) groups is 1. The van der Waals surface area contributed by atoms with Crippen molar-refractivity contribution in [3.8, 4) is 5.75 Å². The fourth-order valence-electron chi connectivity index (χ4n) is 2.47. The summed E-state index contributed by atoms with van der Waals surface area (Å²) in [5.74, 6) is 0.146. The zero-order valence-corrected chi connectivity index (χ0v) is 11.4. The van der Waals surface area contributed by atoms with E-state index < -0.39 is 0 Å². The molecule has 2 atom stereocenters. The molecule has 1 fully saturated rings. The number of nitrogens with one attached hydrogen (secondary N) is 3. The number of benzene rings is 2. The molecule has 1 aliphatic rings. The molecule has 1 saturated heterocycles. The Bertz CT molecular complexity index is 630. The van der Waals surface area contributed by atoms with Gasteiger partial charge in [-0.25, -0.2) is 10.9 Å². The van der Waals surface area contributed by atoms with E-state index in [0.29, 0.717) is 6.42 Å². The highest BCUT2D eigenvalue weighted by Gasteiger charge is 2.31. The van der Waals surface area contributed by atoms with Crippen molar-refractivity contribution in [2.75, 3.05) is 5.32 Å². The Morgan fingerprint density at radius 3 is 2.52 bits per heavy atom. The van der Waals surface area contributed by atoms with Gasteiger partial charge in [0, 0.05) is 11.3 Å². The Kier molecular flexibility index (Phi) is 3.85. The fourth-order valence-corrected chi connectivity index (χ4v) is 2.47. The number of hydrazine groups is 1. The average molecular weight is 283 g/mol. The zero-order valence-electron chi connectivity index (χ0n) is 11.4. The lowest BCUT2D eigenvalue weighted by Gasteiger charge is -2.11. The predicted molar refractivity (Wildman–Crippen MR) is 80.6 cm³/mol. The minimum Gasteiger partial charge on any atom is -0.508 e. The summed E-state index contributed by atoms with van der Waals surface area (Å²) in [4.78, 5) is 12.2. The summed E-state index contributed by atoms with van der Waals surface area (Å²) < 4.78 is 0. The molecule has 0 aromatic heterocycles. The van der Waals surface area contributed by atoms with E-state index in [4.69, 9.17) is 0 Å². The molecule has 0 aliphatic carbocycles. The van der Waals surface area contributed by atoms with Crippen LogP contribution in [0.15, 0.2) is 54.6 Å². The van der Waals surface area contributed by atoms with E-state index in [-0.39, 0.29) is 23.7 Å². The molecule has 2 aromatic carbocycles. The number of rotatable bonds is 3. The molecule has 2 unspecified atom stereocenters. The van der Waals surface area contributed by atoms with E-state index in [1.807, 2.05) is 42.5 Å². The van der Waals surface area contributed by atoms with Crippen LogP contribution in [-0.2, 0) is 4.79 Å². The molecule has 0 spiro atoms. The van der Waals surface area contributed by atoms with Crippen LogP contribution in [0, 0.1) is 0 Å². The minimum atomic E-state index is -0.338.